The molecule has 166 valence electrons. The number of allylic oxidation sites excluding steroid dienone is 1. The summed E-state index contributed by atoms with van der Waals surface area (Å²) in [4.78, 5) is 24.4. The summed E-state index contributed by atoms with van der Waals surface area (Å²) in [5.74, 6) is -1.07. The van der Waals surface area contributed by atoms with Crippen molar-refractivity contribution in [3.8, 4) is 0 Å². The SMILES string of the molecule is C=CCCC(CCCCB1OC(C)(C)C(C)(C)O1)(NC(=O)OC(C)(C)C)C(=O)O. The summed E-state index contributed by atoms with van der Waals surface area (Å²) in [5, 5.41) is 12.5. The molecule has 0 bridgehead atoms. The largest absolute Gasteiger partial charge is 0.480 e. The molecule has 2 N–H and O–H groups in total. The van der Waals surface area contributed by atoms with Gasteiger partial charge in [-0.3, -0.25) is 0 Å². The van der Waals surface area contributed by atoms with Gasteiger partial charge in [0.2, 0.25) is 0 Å². The molecule has 1 saturated heterocycles. The van der Waals surface area contributed by atoms with E-state index in [1.807, 2.05) is 27.7 Å². The van der Waals surface area contributed by atoms with Crippen LogP contribution in [0.4, 0.5) is 4.79 Å². The van der Waals surface area contributed by atoms with Gasteiger partial charge in [0.1, 0.15) is 11.1 Å². The Morgan fingerprint density at radius 2 is 1.66 bits per heavy atom. The Balaban J connectivity index is 2.71. The van der Waals surface area contributed by atoms with Crippen molar-refractivity contribution in [2.45, 2.75) is 109 Å². The van der Waals surface area contributed by atoms with E-state index in [4.69, 9.17) is 14.0 Å². The number of hydrogen-bond acceptors (Lipinski definition) is 5. The predicted octanol–water partition coefficient (Wildman–Crippen LogP) is 4.56. The minimum Gasteiger partial charge on any atom is -0.480 e. The first-order chi connectivity index (χ1) is 13.1. The third kappa shape index (κ3) is 7.34. The van der Waals surface area contributed by atoms with Gasteiger partial charge in [0, 0.05) is 0 Å². The second-order valence-corrected chi connectivity index (χ2v) is 9.77. The van der Waals surface area contributed by atoms with Crippen LogP contribution >= 0.6 is 0 Å². The summed E-state index contributed by atoms with van der Waals surface area (Å²) in [7, 11) is -0.314. The fraction of sp³-hybridized carbons (Fsp3) is 0.810. The lowest BCUT2D eigenvalue weighted by Crippen LogP contribution is -2.55. The molecule has 1 amide bonds. The Bertz CT molecular complexity index is 582. The van der Waals surface area contributed by atoms with Crippen molar-refractivity contribution in [3.63, 3.8) is 0 Å². The number of alkyl carbamates (subject to hydrolysis) is 1. The van der Waals surface area contributed by atoms with Gasteiger partial charge in [-0.1, -0.05) is 18.9 Å². The van der Waals surface area contributed by atoms with Gasteiger partial charge in [-0.2, -0.15) is 0 Å². The van der Waals surface area contributed by atoms with Crippen LogP contribution in [0.2, 0.25) is 6.32 Å². The van der Waals surface area contributed by atoms with Crippen molar-refractivity contribution in [3.05, 3.63) is 12.7 Å². The molecule has 8 heteroatoms. The maximum Gasteiger partial charge on any atom is 0.457 e. The van der Waals surface area contributed by atoms with Crippen LogP contribution in [0.3, 0.4) is 0 Å². The molecule has 1 atom stereocenters. The Labute approximate surface area is 175 Å². The fourth-order valence-corrected chi connectivity index (χ4v) is 3.19. The van der Waals surface area contributed by atoms with Crippen LogP contribution in [0, 0.1) is 0 Å². The predicted molar refractivity (Wildman–Crippen MR) is 114 cm³/mol. The third-order valence-electron chi connectivity index (χ3n) is 5.52. The number of carboxylic acids is 1. The van der Waals surface area contributed by atoms with Crippen molar-refractivity contribution in [2.75, 3.05) is 0 Å². The monoisotopic (exact) mass is 411 g/mol. The number of hydrogen-bond donors (Lipinski definition) is 2. The lowest BCUT2D eigenvalue weighted by molar-refractivity contribution is -0.145. The Morgan fingerprint density at radius 3 is 2.10 bits per heavy atom. The molecule has 0 saturated carbocycles. The van der Waals surface area contributed by atoms with E-state index in [0.29, 0.717) is 19.2 Å². The second kappa shape index (κ2) is 9.52. The maximum atomic E-state index is 12.3. The average molecular weight is 411 g/mol. The van der Waals surface area contributed by atoms with E-state index in [0.717, 1.165) is 6.42 Å². The van der Waals surface area contributed by atoms with E-state index in [1.165, 1.54) is 0 Å². The summed E-state index contributed by atoms with van der Waals surface area (Å²) in [6.45, 7) is 16.9. The van der Waals surface area contributed by atoms with Crippen molar-refractivity contribution in [1.29, 1.82) is 0 Å². The Kier molecular flexibility index (Phi) is 8.37. The maximum absolute atomic E-state index is 12.3. The summed E-state index contributed by atoms with van der Waals surface area (Å²) in [6, 6.07) is 0. The van der Waals surface area contributed by atoms with Crippen LogP contribution in [0.1, 0.15) is 80.6 Å². The minimum atomic E-state index is -1.40. The van der Waals surface area contributed by atoms with E-state index in [2.05, 4.69) is 11.9 Å². The molecule has 29 heavy (non-hydrogen) atoms. The standard InChI is InChI=1S/C21H38BNO6/c1-9-10-13-21(16(24)25,23-17(26)27-18(2,3)4)14-11-12-15-22-28-19(5,6)20(7,8)29-22/h9H,1,10-15H2,2-8H3,(H,23,26)(H,24,25). The lowest BCUT2D eigenvalue weighted by atomic mass is 9.80. The number of carbonyl (C=O) groups excluding carboxylic acids is 1. The lowest BCUT2D eigenvalue weighted by Gasteiger charge is -2.32. The molecule has 0 aromatic rings. The highest BCUT2D eigenvalue weighted by Gasteiger charge is 2.50. The van der Waals surface area contributed by atoms with E-state index in [-0.39, 0.29) is 31.2 Å². The highest BCUT2D eigenvalue weighted by Crippen LogP contribution is 2.38. The molecule has 0 spiro atoms. The first kappa shape index (κ1) is 25.5. The van der Waals surface area contributed by atoms with Crippen LogP contribution in [-0.4, -0.2) is 46.6 Å². The quantitative estimate of drug-likeness (QED) is 0.311. The molecule has 0 aliphatic carbocycles. The van der Waals surface area contributed by atoms with Gasteiger partial charge in [0.25, 0.3) is 0 Å². The average Bonchev–Trinajstić information content (AvgIpc) is 2.74. The Hall–Kier alpha value is -1.54. The molecule has 0 radical (unpaired) electrons. The summed E-state index contributed by atoms with van der Waals surface area (Å²) < 4.78 is 17.3. The fourth-order valence-electron chi connectivity index (χ4n) is 3.19. The first-order valence-corrected chi connectivity index (χ1v) is 10.4. The Morgan fingerprint density at radius 1 is 1.10 bits per heavy atom. The zero-order valence-corrected chi connectivity index (χ0v) is 19.1. The molecule has 1 unspecified atom stereocenters. The van der Waals surface area contributed by atoms with Crippen LogP contribution in [0.5, 0.6) is 0 Å². The molecular weight excluding hydrogens is 373 g/mol. The highest BCUT2D eigenvalue weighted by molar-refractivity contribution is 6.45. The van der Waals surface area contributed by atoms with Gasteiger partial charge in [0.05, 0.1) is 11.2 Å². The zero-order valence-electron chi connectivity index (χ0n) is 19.1. The molecule has 1 fully saturated rings. The molecule has 1 rings (SSSR count). The number of amides is 1. The van der Waals surface area contributed by atoms with E-state index >= 15 is 0 Å². The number of rotatable bonds is 10. The van der Waals surface area contributed by atoms with E-state index in [1.54, 1.807) is 26.8 Å². The molecule has 0 aromatic carbocycles. The normalized spacial score (nSPS) is 20.0. The van der Waals surface area contributed by atoms with Gasteiger partial charge >= 0.3 is 19.2 Å². The topological polar surface area (TPSA) is 94.1 Å². The molecule has 1 aliphatic heterocycles. The molecular formula is C21H38BNO6. The molecule has 1 heterocycles. The van der Waals surface area contributed by atoms with Crippen LogP contribution in [0.25, 0.3) is 0 Å². The van der Waals surface area contributed by atoms with E-state index < -0.39 is 23.2 Å². The number of nitrogens with one attached hydrogen (secondary N) is 1. The highest BCUT2D eigenvalue weighted by atomic mass is 16.7. The van der Waals surface area contributed by atoms with Gasteiger partial charge in [0.15, 0.2) is 0 Å². The van der Waals surface area contributed by atoms with Gasteiger partial charge < -0.3 is 24.5 Å². The molecule has 0 aromatic heterocycles. The third-order valence-corrected chi connectivity index (χ3v) is 5.52. The number of unbranched alkanes of at least 4 members (excludes halogenated alkanes) is 1. The number of carboxylic acid groups (broad SMARTS) is 1. The van der Waals surface area contributed by atoms with Crippen LogP contribution < -0.4 is 5.32 Å². The smallest absolute Gasteiger partial charge is 0.457 e. The van der Waals surface area contributed by atoms with Crippen molar-refractivity contribution < 1.29 is 28.7 Å². The van der Waals surface area contributed by atoms with Crippen molar-refractivity contribution >= 4 is 19.2 Å². The number of ether oxygens (including phenoxy) is 1. The van der Waals surface area contributed by atoms with Gasteiger partial charge in [-0.15, -0.1) is 6.58 Å². The summed E-state index contributed by atoms with van der Waals surface area (Å²) >= 11 is 0. The zero-order chi connectivity index (χ0) is 22.5. The number of aliphatic carboxylic acids is 1. The van der Waals surface area contributed by atoms with Crippen LogP contribution in [0.15, 0.2) is 12.7 Å². The van der Waals surface area contributed by atoms with Crippen molar-refractivity contribution in [1.82, 2.24) is 5.32 Å². The van der Waals surface area contributed by atoms with Crippen molar-refractivity contribution in [2.24, 2.45) is 0 Å². The summed E-state index contributed by atoms with van der Waals surface area (Å²) in [5.41, 5.74) is -2.87. The minimum absolute atomic E-state index is 0.252. The van der Waals surface area contributed by atoms with Gasteiger partial charge in [-0.25, -0.2) is 9.59 Å². The van der Waals surface area contributed by atoms with E-state index in [9.17, 15) is 14.7 Å². The van der Waals surface area contributed by atoms with Gasteiger partial charge in [-0.05, 0) is 74.0 Å². The molecule has 7 nitrogen and oxygen atoms in total. The van der Waals surface area contributed by atoms with Crippen LogP contribution in [-0.2, 0) is 18.8 Å². The second-order valence-electron chi connectivity index (χ2n) is 9.77. The summed E-state index contributed by atoms with van der Waals surface area (Å²) in [6.07, 6.45) is 3.92. The first-order valence-electron chi connectivity index (χ1n) is 10.4. The number of carbonyl (C=O) groups is 2. The molecule has 1 aliphatic rings.